The molecule has 1 aromatic carbocycles. The van der Waals surface area contributed by atoms with Gasteiger partial charge in [-0.2, -0.15) is 0 Å². The molecule has 3 rings (SSSR count). The van der Waals surface area contributed by atoms with Crippen LogP contribution in [0.1, 0.15) is 50.0 Å². The molecule has 0 spiro atoms. The number of allylic oxidation sites excluding steroid dienone is 1. The second-order valence-electron chi connectivity index (χ2n) is 7.40. The molecule has 1 aliphatic heterocycles. The van der Waals surface area contributed by atoms with Gasteiger partial charge in [0.05, 0.1) is 17.9 Å². The van der Waals surface area contributed by atoms with Gasteiger partial charge in [0, 0.05) is 21.7 Å². The number of nitrogens with one attached hydrogen (secondary N) is 1. The van der Waals surface area contributed by atoms with Gasteiger partial charge in [-0.1, -0.05) is 17.7 Å². The number of aromatic nitrogens is 1. The van der Waals surface area contributed by atoms with Crippen molar-refractivity contribution in [1.29, 1.82) is 0 Å². The lowest BCUT2D eigenvalue weighted by molar-refractivity contribution is -0.149. The Kier molecular flexibility index (Phi) is 6.47. The molecule has 31 heavy (non-hydrogen) atoms. The van der Waals surface area contributed by atoms with E-state index in [9.17, 15) is 19.1 Å². The fourth-order valence-electron chi connectivity index (χ4n) is 3.10. The second-order valence-corrected chi connectivity index (χ2v) is 8.66. The standard InChI is InChI=1S/C21H21ClFN3O4S/c1-5-30-20(29)21(3,4)14-9-31-18(25-14)17-24-10(2)15(19(27)28)16(26-17)12-7-6-11(23)8-13(12)22/h6-9,16H,5H2,1-4H3,(H,24,26)(H,27,28). The summed E-state index contributed by atoms with van der Waals surface area (Å²) < 4.78 is 18.6. The molecule has 0 amide bonds. The van der Waals surface area contributed by atoms with E-state index in [1.165, 1.54) is 23.5 Å². The summed E-state index contributed by atoms with van der Waals surface area (Å²) in [6.45, 7) is 7.04. The first-order valence-corrected chi connectivity index (χ1v) is 10.7. The van der Waals surface area contributed by atoms with Crippen LogP contribution in [0.2, 0.25) is 5.02 Å². The normalized spacial score (nSPS) is 16.6. The SMILES string of the molecule is CCOC(=O)C(C)(C)c1csc(C2=NC(c3ccc(F)cc3Cl)C(C(=O)O)=C(C)N2)n1. The van der Waals surface area contributed by atoms with E-state index in [2.05, 4.69) is 15.3 Å². The van der Waals surface area contributed by atoms with Crippen LogP contribution < -0.4 is 5.32 Å². The van der Waals surface area contributed by atoms with E-state index in [0.29, 0.717) is 27.8 Å². The molecule has 1 aromatic heterocycles. The first kappa shape index (κ1) is 22.9. The Morgan fingerprint density at radius 3 is 2.71 bits per heavy atom. The molecule has 0 saturated carbocycles. The molecule has 1 aliphatic rings. The minimum atomic E-state index is -1.17. The van der Waals surface area contributed by atoms with Gasteiger partial charge in [0.1, 0.15) is 17.3 Å². The second kappa shape index (κ2) is 8.76. The number of esters is 1. The Bertz CT molecular complexity index is 1110. The van der Waals surface area contributed by atoms with Crippen LogP contribution in [0.4, 0.5) is 4.39 Å². The van der Waals surface area contributed by atoms with Gasteiger partial charge in [-0.25, -0.2) is 14.2 Å². The number of halogens is 2. The van der Waals surface area contributed by atoms with Crippen LogP contribution in [0.25, 0.3) is 0 Å². The van der Waals surface area contributed by atoms with Crippen LogP contribution >= 0.6 is 22.9 Å². The summed E-state index contributed by atoms with van der Waals surface area (Å²) in [6, 6.07) is 2.79. The molecular weight excluding hydrogens is 445 g/mol. The highest BCUT2D eigenvalue weighted by atomic mass is 35.5. The summed E-state index contributed by atoms with van der Waals surface area (Å²) in [7, 11) is 0. The van der Waals surface area contributed by atoms with Crippen molar-refractivity contribution in [3.05, 3.63) is 62.0 Å². The topological polar surface area (TPSA) is 101 Å². The van der Waals surface area contributed by atoms with Crippen LogP contribution in [0.3, 0.4) is 0 Å². The summed E-state index contributed by atoms with van der Waals surface area (Å²) in [5.74, 6) is -1.76. The van der Waals surface area contributed by atoms with Crippen molar-refractivity contribution >= 4 is 40.7 Å². The third-order valence-corrected chi connectivity index (χ3v) is 6.04. The zero-order valence-corrected chi connectivity index (χ0v) is 18.9. The van der Waals surface area contributed by atoms with E-state index in [4.69, 9.17) is 16.3 Å². The predicted octanol–water partition coefficient (Wildman–Crippen LogP) is 4.23. The van der Waals surface area contributed by atoms with Crippen molar-refractivity contribution in [3.8, 4) is 0 Å². The number of carboxylic acid groups (broad SMARTS) is 1. The summed E-state index contributed by atoms with van der Waals surface area (Å²) in [5, 5.41) is 15.0. The van der Waals surface area contributed by atoms with Crippen molar-refractivity contribution < 1.29 is 23.8 Å². The van der Waals surface area contributed by atoms with Gasteiger partial charge >= 0.3 is 11.9 Å². The lowest BCUT2D eigenvalue weighted by Crippen LogP contribution is -2.33. The van der Waals surface area contributed by atoms with E-state index >= 15 is 0 Å². The fraction of sp³-hybridized carbons (Fsp3) is 0.333. The average Bonchev–Trinajstić information content (AvgIpc) is 3.18. The number of carboxylic acids is 1. The number of nitrogens with zero attached hydrogens (tertiary/aromatic N) is 2. The van der Waals surface area contributed by atoms with Gasteiger partial charge in [-0.3, -0.25) is 9.79 Å². The van der Waals surface area contributed by atoms with Gasteiger partial charge in [0.15, 0.2) is 10.8 Å². The van der Waals surface area contributed by atoms with Crippen molar-refractivity contribution in [2.75, 3.05) is 6.61 Å². The summed E-state index contributed by atoms with van der Waals surface area (Å²) in [5.41, 5.74) is 0.279. The van der Waals surface area contributed by atoms with E-state index in [-0.39, 0.29) is 17.2 Å². The highest BCUT2D eigenvalue weighted by Gasteiger charge is 2.36. The van der Waals surface area contributed by atoms with Crippen LogP contribution in [0.5, 0.6) is 0 Å². The molecule has 2 N–H and O–H groups in total. The molecule has 0 saturated heterocycles. The Morgan fingerprint density at radius 1 is 1.39 bits per heavy atom. The lowest BCUT2D eigenvalue weighted by Gasteiger charge is -2.25. The van der Waals surface area contributed by atoms with E-state index in [0.717, 1.165) is 6.07 Å². The minimum Gasteiger partial charge on any atom is -0.478 e. The molecule has 10 heteroatoms. The van der Waals surface area contributed by atoms with E-state index < -0.39 is 29.2 Å². The number of aliphatic imine (C=N–C) groups is 1. The molecule has 1 unspecified atom stereocenters. The van der Waals surface area contributed by atoms with Crippen LogP contribution in [-0.2, 0) is 19.7 Å². The third kappa shape index (κ3) is 4.47. The number of benzene rings is 1. The van der Waals surface area contributed by atoms with Crippen molar-refractivity contribution in [2.24, 2.45) is 4.99 Å². The lowest BCUT2D eigenvalue weighted by atomic mass is 9.90. The Morgan fingerprint density at radius 2 is 2.10 bits per heavy atom. The first-order valence-electron chi connectivity index (χ1n) is 9.43. The van der Waals surface area contributed by atoms with Crippen molar-refractivity contribution in [1.82, 2.24) is 10.3 Å². The number of rotatable bonds is 6. The zero-order chi connectivity index (χ0) is 22.9. The van der Waals surface area contributed by atoms with E-state index in [1.54, 1.807) is 33.1 Å². The molecular formula is C21H21ClFN3O4S. The number of carbonyl (C=O) groups is 2. The highest BCUT2D eigenvalue weighted by molar-refractivity contribution is 7.11. The minimum absolute atomic E-state index is 0.000825. The third-order valence-electron chi connectivity index (χ3n) is 4.86. The number of hydrogen-bond donors (Lipinski definition) is 2. The number of thiazole rings is 1. The maximum atomic E-state index is 13.5. The summed E-state index contributed by atoms with van der Waals surface area (Å²) in [6.07, 6.45) is 0. The molecule has 0 radical (unpaired) electrons. The molecule has 2 heterocycles. The average molecular weight is 466 g/mol. The number of carbonyl (C=O) groups excluding carboxylic acids is 1. The maximum Gasteiger partial charge on any atom is 0.335 e. The summed E-state index contributed by atoms with van der Waals surface area (Å²) in [4.78, 5) is 33.3. The number of aliphatic carboxylic acids is 1. The monoisotopic (exact) mass is 465 g/mol. The molecule has 0 fully saturated rings. The molecule has 1 atom stereocenters. The van der Waals surface area contributed by atoms with Crippen molar-refractivity contribution in [2.45, 2.75) is 39.2 Å². The highest BCUT2D eigenvalue weighted by Crippen LogP contribution is 2.36. The Labute approximate surface area is 187 Å². The Balaban J connectivity index is 2.04. The first-order chi connectivity index (χ1) is 14.6. The van der Waals surface area contributed by atoms with Crippen LogP contribution in [0, 0.1) is 5.82 Å². The molecule has 7 nitrogen and oxygen atoms in total. The summed E-state index contributed by atoms with van der Waals surface area (Å²) >= 11 is 7.45. The smallest absolute Gasteiger partial charge is 0.335 e. The number of ether oxygens (including phenoxy) is 1. The zero-order valence-electron chi connectivity index (χ0n) is 17.3. The number of hydrogen-bond acceptors (Lipinski definition) is 7. The number of amidine groups is 1. The van der Waals surface area contributed by atoms with Crippen LogP contribution in [0.15, 0.2) is 39.8 Å². The van der Waals surface area contributed by atoms with E-state index in [1.807, 2.05) is 0 Å². The van der Waals surface area contributed by atoms with Crippen molar-refractivity contribution in [3.63, 3.8) is 0 Å². The molecule has 0 aliphatic carbocycles. The predicted molar refractivity (Wildman–Crippen MR) is 116 cm³/mol. The Hall–Kier alpha value is -2.78. The van der Waals surface area contributed by atoms with Gasteiger partial charge in [-0.05, 0) is 39.8 Å². The molecule has 0 bridgehead atoms. The fourth-order valence-corrected chi connectivity index (χ4v) is 4.30. The maximum absolute atomic E-state index is 13.5. The van der Waals surface area contributed by atoms with Gasteiger partial charge in [-0.15, -0.1) is 11.3 Å². The quantitative estimate of drug-likeness (QED) is 0.619. The van der Waals surface area contributed by atoms with Gasteiger partial charge in [0.25, 0.3) is 0 Å². The molecule has 164 valence electrons. The van der Waals surface area contributed by atoms with Gasteiger partial charge in [0.2, 0.25) is 0 Å². The van der Waals surface area contributed by atoms with Gasteiger partial charge < -0.3 is 15.2 Å². The largest absolute Gasteiger partial charge is 0.478 e. The van der Waals surface area contributed by atoms with Crippen LogP contribution in [-0.4, -0.2) is 34.5 Å². The molecule has 2 aromatic rings.